The van der Waals surface area contributed by atoms with Gasteiger partial charge in [0.15, 0.2) is 5.13 Å². The minimum Gasteiger partial charge on any atom is -0.324 e. The number of nitrogens with one attached hydrogen (secondary N) is 2. The van der Waals surface area contributed by atoms with E-state index in [4.69, 9.17) is 11.6 Å². The van der Waals surface area contributed by atoms with Gasteiger partial charge in [-0.3, -0.25) is 14.9 Å². The number of thiazole rings is 1. The van der Waals surface area contributed by atoms with Gasteiger partial charge < -0.3 is 5.32 Å². The molecule has 8 heteroatoms. The highest BCUT2D eigenvalue weighted by molar-refractivity contribution is 8.00. The van der Waals surface area contributed by atoms with Gasteiger partial charge in [-0.15, -0.1) is 23.1 Å². The van der Waals surface area contributed by atoms with E-state index in [0.717, 1.165) is 15.3 Å². The predicted molar refractivity (Wildman–Crippen MR) is 110 cm³/mol. The maximum absolute atomic E-state index is 12.5. The number of amides is 2. The molecule has 0 saturated heterocycles. The Balaban J connectivity index is 1.46. The van der Waals surface area contributed by atoms with Crippen molar-refractivity contribution in [1.82, 2.24) is 4.98 Å². The van der Waals surface area contributed by atoms with Crippen LogP contribution < -0.4 is 10.6 Å². The van der Waals surface area contributed by atoms with Crippen LogP contribution in [0.3, 0.4) is 0 Å². The lowest BCUT2D eigenvalue weighted by atomic mass is 10.1. The van der Waals surface area contributed by atoms with Crippen LogP contribution >= 0.6 is 34.7 Å². The molecule has 2 heterocycles. The molecule has 2 aromatic carbocycles. The van der Waals surface area contributed by atoms with Crippen molar-refractivity contribution in [2.45, 2.75) is 11.3 Å². The molecule has 0 saturated carbocycles. The smallest absolute Gasteiger partial charge is 0.257 e. The Morgan fingerprint density at radius 2 is 2.11 bits per heavy atom. The summed E-state index contributed by atoms with van der Waals surface area (Å²) < 4.78 is 0. The first kappa shape index (κ1) is 18.0. The molecule has 0 atom stereocenters. The molecule has 136 valence electrons. The number of benzene rings is 2. The summed E-state index contributed by atoms with van der Waals surface area (Å²) in [6.45, 7) is 0. The molecule has 0 unspecified atom stereocenters. The summed E-state index contributed by atoms with van der Waals surface area (Å²) in [4.78, 5) is 30.3. The van der Waals surface area contributed by atoms with E-state index in [9.17, 15) is 9.59 Å². The number of fused-ring (bicyclic) bond motifs is 1. The Kier molecular flexibility index (Phi) is 5.15. The van der Waals surface area contributed by atoms with E-state index in [-0.39, 0.29) is 11.8 Å². The van der Waals surface area contributed by atoms with Gasteiger partial charge in [0.25, 0.3) is 5.91 Å². The summed E-state index contributed by atoms with van der Waals surface area (Å²) in [7, 11) is 0. The maximum atomic E-state index is 12.5. The van der Waals surface area contributed by atoms with Crippen LogP contribution in [-0.2, 0) is 11.2 Å². The second-order valence-electron chi connectivity index (χ2n) is 5.90. The van der Waals surface area contributed by atoms with Gasteiger partial charge in [-0.05, 0) is 29.8 Å². The highest BCUT2D eigenvalue weighted by Crippen LogP contribution is 2.32. The first-order valence-corrected chi connectivity index (χ1v) is 10.3. The van der Waals surface area contributed by atoms with Crippen LogP contribution in [0.25, 0.3) is 0 Å². The number of halogens is 1. The molecule has 1 aromatic heterocycles. The second kappa shape index (κ2) is 7.72. The van der Waals surface area contributed by atoms with Gasteiger partial charge in [-0.2, -0.15) is 0 Å². The van der Waals surface area contributed by atoms with Crippen molar-refractivity contribution in [2.24, 2.45) is 0 Å². The summed E-state index contributed by atoms with van der Waals surface area (Å²) in [5, 5.41) is 6.84. The van der Waals surface area contributed by atoms with E-state index >= 15 is 0 Å². The number of carbonyl (C=O) groups excluding carboxylic acids is 2. The molecule has 4 rings (SSSR count). The summed E-state index contributed by atoms with van der Waals surface area (Å²) in [6.07, 6.45) is 2.41. The Hall–Kier alpha value is -2.35. The van der Waals surface area contributed by atoms with Crippen LogP contribution in [0.2, 0.25) is 5.02 Å². The van der Waals surface area contributed by atoms with Crippen LogP contribution in [-0.4, -0.2) is 22.6 Å². The van der Waals surface area contributed by atoms with E-state index in [1.54, 1.807) is 18.3 Å². The Labute approximate surface area is 169 Å². The maximum Gasteiger partial charge on any atom is 0.257 e. The first-order valence-electron chi connectivity index (χ1n) is 8.14. The molecule has 5 nitrogen and oxygen atoms in total. The lowest BCUT2D eigenvalue weighted by Gasteiger charge is -2.16. The van der Waals surface area contributed by atoms with E-state index in [2.05, 4.69) is 15.6 Å². The Bertz CT molecular complexity index is 1040. The fourth-order valence-corrected chi connectivity index (χ4v) is 4.49. The average molecular weight is 416 g/mol. The Morgan fingerprint density at radius 3 is 2.96 bits per heavy atom. The number of thioether (sulfide) groups is 1. The summed E-state index contributed by atoms with van der Waals surface area (Å²) in [5.74, 6) is 0.0711. The molecule has 2 amide bonds. The van der Waals surface area contributed by atoms with Gasteiger partial charge in [0.2, 0.25) is 5.91 Å². The van der Waals surface area contributed by atoms with Gasteiger partial charge in [-0.1, -0.05) is 29.8 Å². The van der Waals surface area contributed by atoms with Crippen molar-refractivity contribution in [2.75, 3.05) is 16.4 Å². The molecular weight excluding hydrogens is 402 g/mol. The number of anilines is 2. The van der Waals surface area contributed by atoms with Crippen LogP contribution in [0, 0.1) is 0 Å². The molecule has 27 heavy (non-hydrogen) atoms. The fourth-order valence-electron chi connectivity index (χ4n) is 2.67. The third-order valence-electron chi connectivity index (χ3n) is 3.97. The molecule has 0 fully saturated rings. The largest absolute Gasteiger partial charge is 0.324 e. The number of hydrogen-bond donors (Lipinski definition) is 2. The standard InChI is InChI=1S/C19H14ClN3O2S2/c20-14-4-2-1-3-11(14)7-13-9-21-19(27-13)23-18(25)12-5-6-16-15(8-12)22-17(24)10-26-16/h1-6,8-9H,7,10H2,(H,22,24)(H,21,23,25). The van der Waals surface area contributed by atoms with Crippen molar-refractivity contribution >= 4 is 57.3 Å². The molecular formula is C19H14ClN3O2S2. The normalized spacial score (nSPS) is 13.0. The van der Waals surface area contributed by atoms with E-state index in [0.29, 0.717) is 33.6 Å². The van der Waals surface area contributed by atoms with Gasteiger partial charge in [0.1, 0.15) is 0 Å². The van der Waals surface area contributed by atoms with Crippen molar-refractivity contribution < 1.29 is 9.59 Å². The average Bonchev–Trinajstić information content (AvgIpc) is 3.10. The minimum atomic E-state index is -0.263. The lowest BCUT2D eigenvalue weighted by Crippen LogP contribution is -2.19. The third kappa shape index (κ3) is 4.16. The molecule has 0 aliphatic carbocycles. The van der Waals surface area contributed by atoms with E-state index < -0.39 is 0 Å². The van der Waals surface area contributed by atoms with Gasteiger partial charge in [0.05, 0.1) is 11.4 Å². The van der Waals surface area contributed by atoms with E-state index in [1.165, 1.54) is 23.1 Å². The van der Waals surface area contributed by atoms with Crippen molar-refractivity contribution in [3.63, 3.8) is 0 Å². The second-order valence-corrected chi connectivity index (χ2v) is 8.44. The number of hydrogen-bond acceptors (Lipinski definition) is 5. The molecule has 0 radical (unpaired) electrons. The van der Waals surface area contributed by atoms with Gasteiger partial charge in [0, 0.05) is 33.0 Å². The summed E-state index contributed by atoms with van der Waals surface area (Å²) >= 11 is 9.07. The highest BCUT2D eigenvalue weighted by atomic mass is 35.5. The topological polar surface area (TPSA) is 71.1 Å². The summed E-state index contributed by atoms with van der Waals surface area (Å²) in [5.41, 5.74) is 2.16. The predicted octanol–water partition coefficient (Wildman–Crippen LogP) is 4.68. The Morgan fingerprint density at radius 1 is 1.26 bits per heavy atom. The minimum absolute atomic E-state index is 0.0609. The van der Waals surface area contributed by atoms with Crippen LogP contribution in [0.4, 0.5) is 10.8 Å². The van der Waals surface area contributed by atoms with Crippen LogP contribution in [0.5, 0.6) is 0 Å². The van der Waals surface area contributed by atoms with Gasteiger partial charge >= 0.3 is 0 Å². The number of aromatic nitrogens is 1. The zero-order valence-electron chi connectivity index (χ0n) is 14.0. The number of carbonyl (C=O) groups is 2. The van der Waals surface area contributed by atoms with Crippen LogP contribution in [0.15, 0.2) is 53.6 Å². The molecule has 3 aromatic rings. The molecule has 1 aliphatic rings. The fraction of sp³-hybridized carbons (Fsp3) is 0.105. The number of nitrogens with zero attached hydrogens (tertiary/aromatic N) is 1. The molecule has 2 N–H and O–H groups in total. The van der Waals surface area contributed by atoms with Crippen molar-refractivity contribution in [3.8, 4) is 0 Å². The monoisotopic (exact) mass is 415 g/mol. The third-order valence-corrected chi connectivity index (χ3v) is 6.33. The zero-order chi connectivity index (χ0) is 18.8. The molecule has 0 spiro atoms. The van der Waals surface area contributed by atoms with Crippen molar-refractivity contribution in [1.29, 1.82) is 0 Å². The van der Waals surface area contributed by atoms with Gasteiger partial charge in [-0.25, -0.2) is 4.98 Å². The van der Waals surface area contributed by atoms with Crippen LogP contribution in [0.1, 0.15) is 20.8 Å². The number of rotatable bonds is 4. The summed E-state index contributed by atoms with van der Waals surface area (Å²) in [6, 6.07) is 12.9. The zero-order valence-corrected chi connectivity index (χ0v) is 16.4. The van der Waals surface area contributed by atoms with E-state index in [1.807, 2.05) is 30.3 Å². The highest BCUT2D eigenvalue weighted by Gasteiger charge is 2.18. The lowest BCUT2D eigenvalue weighted by molar-refractivity contribution is -0.113. The molecule has 0 bridgehead atoms. The first-order chi connectivity index (χ1) is 13.1. The van der Waals surface area contributed by atoms with Crippen molar-refractivity contribution in [3.05, 3.63) is 69.7 Å². The quantitative estimate of drug-likeness (QED) is 0.648. The SMILES string of the molecule is O=C1CSc2ccc(C(=O)Nc3ncc(Cc4ccccc4Cl)s3)cc2N1. The molecule has 1 aliphatic heterocycles.